The van der Waals surface area contributed by atoms with Crippen LogP contribution in [0.1, 0.15) is 20.8 Å². The number of aromatic nitrogens is 2. The van der Waals surface area contributed by atoms with Crippen LogP contribution >= 0.6 is 15.9 Å². The Morgan fingerprint density at radius 3 is 2.70 bits per heavy atom. The van der Waals surface area contributed by atoms with E-state index in [9.17, 15) is 9.59 Å². The highest BCUT2D eigenvalue weighted by Crippen LogP contribution is 2.18. The third-order valence-corrected chi connectivity index (χ3v) is 4.01. The van der Waals surface area contributed by atoms with E-state index in [0.717, 1.165) is 11.2 Å². The zero-order chi connectivity index (χ0) is 15.3. The molecular weight excluding hydrogens is 326 g/mol. The van der Waals surface area contributed by atoms with E-state index in [1.54, 1.807) is 0 Å². The Labute approximate surface area is 126 Å². The van der Waals surface area contributed by atoms with Gasteiger partial charge in [0.15, 0.2) is 0 Å². The third kappa shape index (κ3) is 4.33. The Bertz CT molecular complexity index is 528. The van der Waals surface area contributed by atoms with Crippen LogP contribution in [0.25, 0.3) is 0 Å². The largest absolute Gasteiger partial charge is 0.468 e. The summed E-state index contributed by atoms with van der Waals surface area (Å²) in [6, 6.07) is 0. The zero-order valence-electron chi connectivity index (χ0n) is 12.1. The molecule has 1 unspecified atom stereocenters. The molecule has 0 bridgehead atoms. The van der Waals surface area contributed by atoms with E-state index in [4.69, 9.17) is 0 Å². The average molecular weight is 346 g/mol. The summed E-state index contributed by atoms with van der Waals surface area (Å²) in [5.74, 6) is 0.508. The number of hydrogen-bond acceptors (Lipinski definition) is 5. The molecule has 1 rings (SSSR count). The average Bonchev–Trinajstić information content (AvgIpc) is 2.42. The second kappa shape index (κ2) is 7.42. The van der Waals surface area contributed by atoms with E-state index in [1.807, 2.05) is 0 Å². The molecule has 20 heavy (non-hydrogen) atoms. The van der Waals surface area contributed by atoms with Crippen molar-refractivity contribution in [1.29, 1.82) is 0 Å². The molecule has 6 nitrogen and oxygen atoms in total. The molecule has 0 aliphatic heterocycles. The van der Waals surface area contributed by atoms with Gasteiger partial charge in [-0.2, -0.15) is 5.10 Å². The lowest BCUT2D eigenvalue weighted by atomic mass is 9.98. The number of anilines is 1. The summed E-state index contributed by atoms with van der Waals surface area (Å²) >= 11 is 3.24. The molecule has 1 aromatic rings. The van der Waals surface area contributed by atoms with E-state index < -0.39 is 5.97 Å². The lowest BCUT2D eigenvalue weighted by molar-refractivity contribution is -0.141. The number of esters is 1. The molecule has 0 fully saturated rings. The molecular formula is C13H20BrN3O3. The van der Waals surface area contributed by atoms with Gasteiger partial charge in [-0.05, 0) is 27.8 Å². The van der Waals surface area contributed by atoms with Crippen LogP contribution in [0, 0.1) is 11.8 Å². The lowest BCUT2D eigenvalue weighted by Crippen LogP contribution is -2.29. The topological polar surface area (TPSA) is 73.2 Å². The lowest BCUT2D eigenvalue weighted by Gasteiger charge is -2.17. The summed E-state index contributed by atoms with van der Waals surface area (Å²) in [5.41, 5.74) is 0.265. The monoisotopic (exact) mass is 345 g/mol. The predicted octanol–water partition coefficient (Wildman–Crippen LogP) is 1.88. The Morgan fingerprint density at radius 2 is 2.15 bits per heavy atom. The summed E-state index contributed by atoms with van der Waals surface area (Å²) in [7, 11) is 1.27. The SMILES string of the molecule is COC(=O)Cn1ncc(NCC(C)C(C)C)c(Br)c1=O. The molecule has 0 saturated heterocycles. The Morgan fingerprint density at radius 1 is 1.50 bits per heavy atom. The van der Waals surface area contributed by atoms with Gasteiger partial charge in [-0.25, -0.2) is 4.68 Å². The number of rotatable bonds is 6. The first-order valence-electron chi connectivity index (χ1n) is 6.43. The number of ether oxygens (including phenoxy) is 1. The summed E-state index contributed by atoms with van der Waals surface area (Å²) < 4.78 is 5.95. The number of carbonyl (C=O) groups excluding carboxylic acids is 1. The van der Waals surface area contributed by atoms with Gasteiger partial charge in [0.05, 0.1) is 19.0 Å². The molecule has 0 aliphatic rings. The molecule has 0 spiro atoms. The Balaban J connectivity index is 2.84. The van der Waals surface area contributed by atoms with Crippen molar-refractivity contribution < 1.29 is 9.53 Å². The second-order valence-electron chi connectivity index (χ2n) is 5.01. The van der Waals surface area contributed by atoms with Crippen LogP contribution in [0.3, 0.4) is 0 Å². The Kier molecular flexibility index (Phi) is 6.19. The molecule has 0 radical (unpaired) electrons. The third-order valence-electron chi connectivity index (χ3n) is 3.24. The minimum absolute atomic E-state index is 0.198. The fourth-order valence-electron chi connectivity index (χ4n) is 1.39. The second-order valence-corrected chi connectivity index (χ2v) is 5.81. The first-order chi connectivity index (χ1) is 9.36. The predicted molar refractivity (Wildman–Crippen MR) is 80.7 cm³/mol. The minimum atomic E-state index is -0.513. The molecule has 1 atom stereocenters. The van der Waals surface area contributed by atoms with Crippen molar-refractivity contribution in [2.75, 3.05) is 19.0 Å². The summed E-state index contributed by atoms with van der Waals surface area (Å²) in [6.07, 6.45) is 1.53. The maximum Gasteiger partial charge on any atom is 0.327 e. The summed E-state index contributed by atoms with van der Waals surface area (Å²) in [6.45, 7) is 6.98. The van der Waals surface area contributed by atoms with Crippen LogP contribution < -0.4 is 10.9 Å². The maximum absolute atomic E-state index is 12.0. The van der Waals surface area contributed by atoms with Crippen molar-refractivity contribution in [2.45, 2.75) is 27.3 Å². The number of nitrogens with zero attached hydrogens (tertiary/aromatic N) is 2. The van der Waals surface area contributed by atoms with Gasteiger partial charge in [-0.1, -0.05) is 20.8 Å². The van der Waals surface area contributed by atoms with Crippen molar-refractivity contribution in [1.82, 2.24) is 9.78 Å². The number of methoxy groups -OCH3 is 1. The van der Waals surface area contributed by atoms with Gasteiger partial charge in [0.1, 0.15) is 11.0 Å². The van der Waals surface area contributed by atoms with Gasteiger partial charge in [0.25, 0.3) is 5.56 Å². The minimum Gasteiger partial charge on any atom is -0.468 e. The number of carbonyl (C=O) groups is 1. The van der Waals surface area contributed by atoms with Crippen molar-refractivity contribution in [3.63, 3.8) is 0 Å². The number of halogens is 1. The van der Waals surface area contributed by atoms with E-state index >= 15 is 0 Å². The first kappa shape index (κ1) is 16.7. The highest BCUT2D eigenvalue weighted by Gasteiger charge is 2.13. The van der Waals surface area contributed by atoms with Crippen LogP contribution in [-0.4, -0.2) is 29.4 Å². The fraction of sp³-hybridized carbons (Fsp3) is 0.615. The first-order valence-corrected chi connectivity index (χ1v) is 7.22. The molecule has 0 aliphatic carbocycles. The highest BCUT2D eigenvalue weighted by atomic mass is 79.9. The fourth-order valence-corrected chi connectivity index (χ4v) is 1.84. The quantitative estimate of drug-likeness (QED) is 0.797. The van der Waals surface area contributed by atoms with Crippen molar-refractivity contribution >= 4 is 27.6 Å². The zero-order valence-corrected chi connectivity index (χ0v) is 13.7. The summed E-state index contributed by atoms with van der Waals surface area (Å²) in [5, 5.41) is 7.15. The van der Waals surface area contributed by atoms with Crippen LogP contribution in [0.2, 0.25) is 0 Å². The van der Waals surface area contributed by atoms with E-state index in [-0.39, 0.29) is 12.1 Å². The molecule has 112 valence electrons. The maximum atomic E-state index is 12.0. The van der Waals surface area contributed by atoms with Crippen molar-refractivity contribution in [3.05, 3.63) is 21.0 Å². The van der Waals surface area contributed by atoms with Crippen molar-refractivity contribution in [2.24, 2.45) is 11.8 Å². The molecule has 0 amide bonds. The van der Waals surface area contributed by atoms with E-state index in [2.05, 4.69) is 51.9 Å². The van der Waals surface area contributed by atoms with Gasteiger partial charge in [0.2, 0.25) is 0 Å². The van der Waals surface area contributed by atoms with Crippen LogP contribution in [0.15, 0.2) is 15.5 Å². The van der Waals surface area contributed by atoms with Crippen LogP contribution in [0.4, 0.5) is 5.69 Å². The van der Waals surface area contributed by atoms with Gasteiger partial charge < -0.3 is 10.1 Å². The van der Waals surface area contributed by atoms with Gasteiger partial charge in [-0.3, -0.25) is 9.59 Å². The normalized spacial score (nSPS) is 12.3. The molecule has 1 heterocycles. The van der Waals surface area contributed by atoms with Crippen LogP contribution in [-0.2, 0) is 16.1 Å². The number of nitrogens with one attached hydrogen (secondary N) is 1. The molecule has 1 aromatic heterocycles. The van der Waals surface area contributed by atoms with Gasteiger partial charge in [-0.15, -0.1) is 0 Å². The summed E-state index contributed by atoms with van der Waals surface area (Å²) in [4.78, 5) is 23.2. The highest BCUT2D eigenvalue weighted by molar-refractivity contribution is 9.10. The van der Waals surface area contributed by atoms with Gasteiger partial charge >= 0.3 is 5.97 Å². The van der Waals surface area contributed by atoms with Crippen LogP contribution in [0.5, 0.6) is 0 Å². The van der Waals surface area contributed by atoms with E-state index in [0.29, 0.717) is 22.0 Å². The Hall–Kier alpha value is -1.37. The molecule has 0 aromatic carbocycles. The standard InChI is InChI=1S/C13H20BrN3O3/c1-8(2)9(3)5-15-10-6-16-17(7-11(18)20-4)13(19)12(10)14/h6,8-9,15H,5,7H2,1-4H3. The van der Waals surface area contributed by atoms with Gasteiger partial charge in [0, 0.05) is 6.54 Å². The molecule has 7 heteroatoms. The molecule has 1 N–H and O–H groups in total. The number of hydrogen-bond donors (Lipinski definition) is 1. The van der Waals surface area contributed by atoms with E-state index in [1.165, 1.54) is 13.3 Å². The smallest absolute Gasteiger partial charge is 0.327 e. The molecule has 0 saturated carbocycles. The van der Waals surface area contributed by atoms with Crippen molar-refractivity contribution in [3.8, 4) is 0 Å².